The van der Waals surface area contributed by atoms with Crippen molar-refractivity contribution >= 4 is 5.97 Å². The van der Waals surface area contributed by atoms with Crippen molar-refractivity contribution in [1.82, 2.24) is 0 Å². The highest BCUT2D eigenvalue weighted by Crippen LogP contribution is 2.27. The molecular weight excluding hydrogens is 424 g/mol. The van der Waals surface area contributed by atoms with Crippen LogP contribution in [-0.2, 0) is 14.3 Å². The number of ether oxygens (including phenoxy) is 2. The van der Waals surface area contributed by atoms with Gasteiger partial charge in [-0.3, -0.25) is 4.79 Å². The van der Waals surface area contributed by atoms with E-state index >= 15 is 0 Å². The zero-order valence-electron chi connectivity index (χ0n) is 21.0. The van der Waals surface area contributed by atoms with Crippen LogP contribution in [0.2, 0.25) is 0 Å². The SMILES string of the molecule is CCCCCCCCCCCC(=O)OC(CCCCCCCC)[C@H]1O[C@@H](O)[C@H](O)[C@@H](O)[C@@H]1O. The first-order valence-electron chi connectivity index (χ1n) is 13.5. The molecule has 0 saturated carbocycles. The second-order valence-corrected chi connectivity index (χ2v) is 9.63. The Bertz CT molecular complexity index is 487. The lowest BCUT2D eigenvalue weighted by Gasteiger charge is -2.41. The summed E-state index contributed by atoms with van der Waals surface area (Å²) in [7, 11) is 0. The summed E-state index contributed by atoms with van der Waals surface area (Å²) in [5.41, 5.74) is 0. The lowest BCUT2D eigenvalue weighted by molar-refractivity contribution is -0.298. The van der Waals surface area contributed by atoms with Crippen molar-refractivity contribution < 1.29 is 34.7 Å². The predicted octanol–water partition coefficient (Wildman–Crippen LogP) is 4.37. The molecule has 4 N–H and O–H groups in total. The smallest absolute Gasteiger partial charge is 0.306 e. The second kappa shape index (κ2) is 18.6. The molecule has 1 unspecified atom stereocenters. The van der Waals surface area contributed by atoms with Crippen LogP contribution in [0.25, 0.3) is 0 Å². The van der Waals surface area contributed by atoms with E-state index in [1.165, 1.54) is 51.4 Å². The highest BCUT2D eigenvalue weighted by Gasteiger charge is 2.47. The van der Waals surface area contributed by atoms with Gasteiger partial charge in [0.2, 0.25) is 0 Å². The van der Waals surface area contributed by atoms with Crippen molar-refractivity contribution in [1.29, 1.82) is 0 Å². The van der Waals surface area contributed by atoms with E-state index < -0.39 is 36.8 Å². The summed E-state index contributed by atoms with van der Waals surface area (Å²) in [4.78, 5) is 12.5. The van der Waals surface area contributed by atoms with E-state index in [1.807, 2.05) is 0 Å². The Balaban J connectivity index is 2.45. The second-order valence-electron chi connectivity index (χ2n) is 9.63. The molecule has 1 heterocycles. The Morgan fingerprint density at radius 2 is 1.18 bits per heavy atom. The highest BCUT2D eigenvalue weighted by atomic mass is 16.7. The van der Waals surface area contributed by atoms with Gasteiger partial charge in [-0.15, -0.1) is 0 Å². The fourth-order valence-corrected chi connectivity index (χ4v) is 4.42. The first-order valence-corrected chi connectivity index (χ1v) is 13.5. The lowest BCUT2D eigenvalue weighted by atomic mass is 9.92. The average Bonchev–Trinajstić information content (AvgIpc) is 2.80. The molecule has 196 valence electrons. The van der Waals surface area contributed by atoms with Gasteiger partial charge in [-0.05, 0) is 19.3 Å². The molecule has 0 radical (unpaired) electrons. The molecule has 0 aromatic rings. The Morgan fingerprint density at radius 1 is 0.697 bits per heavy atom. The van der Waals surface area contributed by atoms with Gasteiger partial charge in [0.25, 0.3) is 0 Å². The predicted molar refractivity (Wildman–Crippen MR) is 129 cm³/mol. The van der Waals surface area contributed by atoms with Gasteiger partial charge in [0, 0.05) is 6.42 Å². The monoisotopic (exact) mass is 474 g/mol. The van der Waals surface area contributed by atoms with Crippen molar-refractivity contribution in [3.05, 3.63) is 0 Å². The number of hydrogen-bond donors (Lipinski definition) is 4. The fourth-order valence-electron chi connectivity index (χ4n) is 4.42. The van der Waals surface area contributed by atoms with Crippen LogP contribution in [0.3, 0.4) is 0 Å². The number of hydrogen-bond acceptors (Lipinski definition) is 7. The minimum atomic E-state index is -1.63. The minimum Gasteiger partial charge on any atom is -0.459 e. The van der Waals surface area contributed by atoms with Crippen LogP contribution in [0.5, 0.6) is 0 Å². The summed E-state index contributed by atoms with van der Waals surface area (Å²) in [5, 5.41) is 40.1. The molecule has 6 atom stereocenters. The van der Waals surface area contributed by atoms with Crippen molar-refractivity contribution in [2.75, 3.05) is 0 Å². The number of aliphatic hydroxyl groups excluding tert-OH is 4. The standard InChI is InChI=1S/C26H50O7/c1-3-5-7-9-11-12-13-15-17-19-21(27)32-20(18-16-14-10-8-6-4-2)25-23(29)22(28)24(30)26(31)33-25/h20,22-26,28-31H,3-19H2,1-2H3/t20?,22-,23-,24+,25+,26+/m0/s1. The van der Waals surface area contributed by atoms with E-state index in [-0.39, 0.29) is 5.97 Å². The number of aliphatic hydroxyl groups is 4. The molecule has 0 aromatic heterocycles. The van der Waals surface area contributed by atoms with Crippen LogP contribution in [0.4, 0.5) is 0 Å². The third-order valence-corrected chi connectivity index (χ3v) is 6.60. The van der Waals surface area contributed by atoms with Crippen LogP contribution >= 0.6 is 0 Å². The third-order valence-electron chi connectivity index (χ3n) is 6.60. The normalized spacial score (nSPS) is 26.3. The Kier molecular flexibility index (Phi) is 17.1. The van der Waals surface area contributed by atoms with Crippen LogP contribution in [0.15, 0.2) is 0 Å². The quantitative estimate of drug-likeness (QED) is 0.162. The van der Waals surface area contributed by atoms with Crippen LogP contribution in [0.1, 0.15) is 123 Å². The van der Waals surface area contributed by atoms with Crippen LogP contribution < -0.4 is 0 Å². The van der Waals surface area contributed by atoms with E-state index in [1.54, 1.807) is 0 Å². The van der Waals surface area contributed by atoms with Gasteiger partial charge in [0.05, 0.1) is 0 Å². The van der Waals surface area contributed by atoms with Crippen molar-refractivity contribution in [2.24, 2.45) is 0 Å². The number of esters is 1. The van der Waals surface area contributed by atoms with E-state index in [2.05, 4.69) is 13.8 Å². The van der Waals surface area contributed by atoms with Crippen molar-refractivity contribution in [3.8, 4) is 0 Å². The molecule has 0 aromatic carbocycles. The van der Waals surface area contributed by atoms with Crippen LogP contribution in [-0.4, -0.2) is 63.2 Å². The molecule has 1 fully saturated rings. The van der Waals surface area contributed by atoms with E-state index in [4.69, 9.17) is 9.47 Å². The maximum Gasteiger partial charge on any atom is 0.306 e. The zero-order valence-corrected chi connectivity index (χ0v) is 21.0. The molecule has 1 aliphatic rings. The van der Waals surface area contributed by atoms with E-state index in [9.17, 15) is 25.2 Å². The van der Waals surface area contributed by atoms with Gasteiger partial charge in [-0.1, -0.05) is 97.3 Å². The molecule has 33 heavy (non-hydrogen) atoms. The fraction of sp³-hybridized carbons (Fsp3) is 0.962. The molecule has 0 bridgehead atoms. The van der Waals surface area contributed by atoms with Gasteiger partial charge < -0.3 is 29.9 Å². The summed E-state index contributed by atoms with van der Waals surface area (Å²) < 4.78 is 11.0. The van der Waals surface area contributed by atoms with Crippen LogP contribution in [0, 0.1) is 0 Å². The summed E-state index contributed by atoms with van der Waals surface area (Å²) in [6.07, 6.45) is 9.55. The Morgan fingerprint density at radius 3 is 1.73 bits per heavy atom. The Hall–Kier alpha value is -0.730. The number of carbonyl (C=O) groups excluding carboxylic acids is 1. The van der Waals surface area contributed by atoms with Gasteiger partial charge in [0.1, 0.15) is 30.5 Å². The number of unbranched alkanes of at least 4 members (excludes halogenated alkanes) is 13. The van der Waals surface area contributed by atoms with Gasteiger partial charge in [-0.25, -0.2) is 0 Å². The summed E-state index contributed by atoms with van der Waals surface area (Å²) in [6, 6.07) is 0. The van der Waals surface area contributed by atoms with Crippen molar-refractivity contribution in [2.45, 2.75) is 160 Å². The Labute approximate surface area is 200 Å². The molecule has 0 aliphatic carbocycles. The van der Waals surface area contributed by atoms with E-state index in [0.717, 1.165) is 44.9 Å². The van der Waals surface area contributed by atoms with Gasteiger partial charge in [0.15, 0.2) is 6.29 Å². The molecule has 0 amide bonds. The maximum absolute atomic E-state index is 12.5. The first-order chi connectivity index (χ1) is 15.9. The van der Waals surface area contributed by atoms with Gasteiger partial charge >= 0.3 is 5.97 Å². The highest BCUT2D eigenvalue weighted by molar-refractivity contribution is 5.69. The third kappa shape index (κ3) is 12.5. The van der Waals surface area contributed by atoms with E-state index in [0.29, 0.717) is 12.8 Å². The summed E-state index contributed by atoms with van der Waals surface area (Å²) >= 11 is 0. The molecular formula is C26H50O7. The van der Waals surface area contributed by atoms with Crippen molar-refractivity contribution in [3.63, 3.8) is 0 Å². The number of rotatable bonds is 19. The molecule has 1 saturated heterocycles. The first kappa shape index (κ1) is 30.3. The molecule has 1 aliphatic heterocycles. The molecule has 1 rings (SSSR count). The molecule has 0 spiro atoms. The topological polar surface area (TPSA) is 116 Å². The molecule has 7 nitrogen and oxygen atoms in total. The van der Waals surface area contributed by atoms with Gasteiger partial charge in [-0.2, -0.15) is 0 Å². The average molecular weight is 475 g/mol. The largest absolute Gasteiger partial charge is 0.459 e. The number of carbonyl (C=O) groups is 1. The summed E-state index contributed by atoms with van der Waals surface area (Å²) in [6.45, 7) is 4.38. The minimum absolute atomic E-state index is 0.305. The maximum atomic E-state index is 12.5. The summed E-state index contributed by atoms with van der Waals surface area (Å²) in [5.74, 6) is -0.347. The lowest BCUT2D eigenvalue weighted by Crippen LogP contribution is -2.61. The molecule has 7 heteroatoms. The zero-order chi connectivity index (χ0) is 24.5.